The molecule has 0 spiro atoms. The Morgan fingerprint density at radius 2 is 1.97 bits per heavy atom. The molecule has 8 heteroatoms. The molecule has 2 unspecified atom stereocenters. The van der Waals surface area contributed by atoms with E-state index in [1.807, 2.05) is 18.7 Å². The SMILES string of the molecule is CCNC(=NCc1ccc(N2CCC(C)CC2)nc1)N1CCC(C)C(n2ccnc2)C1.I. The molecule has 2 aromatic rings. The summed E-state index contributed by atoms with van der Waals surface area (Å²) in [5.74, 6) is 3.55. The van der Waals surface area contributed by atoms with Gasteiger partial charge in [0.15, 0.2) is 5.96 Å². The van der Waals surface area contributed by atoms with Crippen molar-refractivity contribution in [2.75, 3.05) is 37.6 Å². The van der Waals surface area contributed by atoms with E-state index in [0.29, 0.717) is 18.5 Å². The number of aromatic nitrogens is 3. The zero-order valence-corrected chi connectivity index (χ0v) is 22.0. The van der Waals surface area contributed by atoms with E-state index in [1.54, 1.807) is 0 Å². The molecule has 32 heavy (non-hydrogen) atoms. The fraction of sp³-hybridized carbons (Fsp3) is 0.625. The number of likely N-dealkylation sites (tertiary alicyclic amines) is 1. The molecule has 0 amide bonds. The molecule has 2 saturated heterocycles. The van der Waals surface area contributed by atoms with Crippen LogP contribution in [0.4, 0.5) is 5.82 Å². The van der Waals surface area contributed by atoms with Gasteiger partial charge in [0, 0.05) is 51.3 Å². The summed E-state index contributed by atoms with van der Waals surface area (Å²) in [5, 5.41) is 3.49. The van der Waals surface area contributed by atoms with Gasteiger partial charge in [0.1, 0.15) is 5.82 Å². The smallest absolute Gasteiger partial charge is 0.194 e. The number of nitrogens with zero attached hydrogens (tertiary/aromatic N) is 6. The number of rotatable bonds is 5. The van der Waals surface area contributed by atoms with Crippen molar-refractivity contribution < 1.29 is 0 Å². The minimum Gasteiger partial charge on any atom is -0.357 e. The molecule has 176 valence electrons. The monoisotopic (exact) mass is 551 g/mol. The van der Waals surface area contributed by atoms with E-state index in [-0.39, 0.29) is 24.0 Å². The molecule has 0 radical (unpaired) electrons. The number of anilines is 1. The van der Waals surface area contributed by atoms with E-state index in [0.717, 1.165) is 62.4 Å². The standard InChI is InChI=1S/C24H37N7.HI/c1-4-26-24(30-13-9-20(3)22(17-30)31-14-10-25-18-31)28-16-21-5-6-23(27-15-21)29-11-7-19(2)8-12-29;/h5-6,10,14-15,18-20,22H,4,7-9,11-13,16-17H2,1-3H3,(H,26,28);1H. The number of hydrogen-bond donors (Lipinski definition) is 1. The summed E-state index contributed by atoms with van der Waals surface area (Å²) >= 11 is 0. The lowest BCUT2D eigenvalue weighted by Crippen LogP contribution is -2.49. The number of halogens is 1. The Kier molecular flexibility index (Phi) is 9.19. The van der Waals surface area contributed by atoms with Crippen molar-refractivity contribution in [2.45, 2.75) is 52.6 Å². The Morgan fingerprint density at radius 3 is 2.62 bits per heavy atom. The van der Waals surface area contributed by atoms with Crippen LogP contribution in [0.25, 0.3) is 0 Å². The number of guanidine groups is 1. The fourth-order valence-electron chi connectivity index (χ4n) is 4.62. The second-order valence-electron chi connectivity index (χ2n) is 9.15. The zero-order valence-electron chi connectivity index (χ0n) is 19.7. The van der Waals surface area contributed by atoms with Crippen LogP contribution in [0.3, 0.4) is 0 Å². The van der Waals surface area contributed by atoms with E-state index in [9.17, 15) is 0 Å². The first-order chi connectivity index (χ1) is 15.1. The summed E-state index contributed by atoms with van der Waals surface area (Å²) in [7, 11) is 0. The highest BCUT2D eigenvalue weighted by Gasteiger charge is 2.28. The highest BCUT2D eigenvalue weighted by Crippen LogP contribution is 2.27. The third-order valence-electron chi connectivity index (χ3n) is 6.79. The molecule has 0 aliphatic carbocycles. The van der Waals surface area contributed by atoms with Crippen LogP contribution < -0.4 is 10.2 Å². The van der Waals surface area contributed by atoms with Gasteiger partial charge in [-0.1, -0.05) is 19.9 Å². The third-order valence-corrected chi connectivity index (χ3v) is 6.79. The van der Waals surface area contributed by atoms with Gasteiger partial charge >= 0.3 is 0 Å². The highest BCUT2D eigenvalue weighted by molar-refractivity contribution is 14.0. The van der Waals surface area contributed by atoms with Crippen LogP contribution in [-0.2, 0) is 6.54 Å². The van der Waals surface area contributed by atoms with E-state index in [2.05, 4.69) is 63.8 Å². The summed E-state index contributed by atoms with van der Waals surface area (Å²) in [4.78, 5) is 18.7. The van der Waals surface area contributed by atoms with Crippen molar-refractivity contribution in [3.8, 4) is 0 Å². The summed E-state index contributed by atoms with van der Waals surface area (Å²) in [6, 6.07) is 4.76. The first-order valence-electron chi connectivity index (χ1n) is 11.8. The average molecular weight is 552 g/mol. The van der Waals surface area contributed by atoms with Crippen LogP contribution in [0.15, 0.2) is 42.0 Å². The Morgan fingerprint density at radius 1 is 1.16 bits per heavy atom. The molecule has 4 heterocycles. The Balaban J connectivity index is 0.00000289. The van der Waals surface area contributed by atoms with E-state index in [4.69, 9.17) is 9.98 Å². The van der Waals surface area contributed by atoms with Crippen LogP contribution in [0.2, 0.25) is 0 Å². The zero-order chi connectivity index (χ0) is 21.6. The van der Waals surface area contributed by atoms with Crippen LogP contribution in [-0.4, -0.2) is 58.1 Å². The van der Waals surface area contributed by atoms with Gasteiger partial charge in [-0.15, -0.1) is 24.0 Å². The number of piperidine rings is 2. The molecule has 2 aromatic heterocycles. The molecule has 2 fully saturated rings. The van der Waals surface area contributed by atoms with Gasteiger partial charge in [-0.2, -0.15) is 0 Å². The first kappa shape index (κ1) is 24.8. The Labute approximate surface area is 209 Å². The lowest BCUT2D eigenvalue weighted by Gasteiger charge is -2.39. The van der Waals surface area contributed by atoms with Crippen molar-refractivity contribution in [1.29, 1.82) is 0 Å². The maximum atomic E-state index is 4.95. The largest absolute Gasteiger partial charge is 0.357 e. The Hall–Kier alpha value is -1.84. The maximum Gasteiger partial charge on any atom is 0.194 e. The normalized spacial score (nSPS) is 22.5. The van der Waals surface area contributed by atoms with E-state index < -0.39 is 0 Å². The lowest BCUT2D eigenvalue weighted by atomic mass is 9.93. The van der Waals surface area contributed by atoms with Crippen LogP contribution >= 0.6 is 24.0 Å². The highest BCUT2D eigenvalue weighted by atomic mass is 127. The summed E-state index contributed by atoms with van der Waals surface area (Å²) in [6.07, 6.45) is 11.5. The van der Waals surface area contributed by atoms with Gasteiger partial charge in [0.2, 0.25) is 0 Å². The van der Waals surface area contributed by atoms with Crippen molar-refractivity contribution in [2.24, 2.45) is 16.8 Å². The van der Waals surface area contributed by atoms with Crippen molar-refractivity contribution in [1.82, 2.24) is 24.8 Å². The van der Waals surface area contributed by atoms with Crippen molar-refractivity contribution in [3.05, 3.63) is 42.6 Å². The molecule has 4 rings (SSSR count). The summed E-state index contributed by atoms with van der Waals surface area (Å²) < 4.78 is 2.24. The molecule has 0 bridgehead atoms. The summed E-state index contributed by atoms with van der Waals surface area (Å²) in [6.45, 7) is 12.5. The van der Waals surface area contributed by atoms with Crippen LogP contribution in [0.1, 0.15) is 51.6 Å². The van der Waals surface area contributed by atoms with Gasteiger partial charge in [0.25, 0.3) is 0 Å². The molecule has 0 saturated carbocycles. The van der Waals surface area contributed by atoms with Gasteiger partial charge in [-0.25, -0.2) is 15.0 Å². The average Bonchev–Trinajstić information content (AvgIpc) is 3.33. The molecule has 2 atom stereocenters. The van der Waals surface area contributed by atoms with Gasteiger partial charge in [0.05, 0.1) is 18.9 Å². The fourth-order valence-corrected chi connectivity index (χ4v) is 4.62. The molecule has 1 N–H and O–H groups in total. The summed E-state index contributed by atoms with van der Waals surface area (Å²) in [5.41, 5.74) is 1.15. The number of aliphatic imine (C=N–C) groups is 1. The van der Waals surface area contributed by atoms with Crippen molar-refractivity contribution in [3.63, 3.8) is 0 Å². The number of nitrogens with one attached hydrogen (secondary N) is 1. The van der Waals surface area contributed by atoms with Crippen LogP contribution in [0, 0.1) is 11.8 Å². The van der Waals surface area contributed by atoms with Gasteiger partial charge < -0.3 is 19.7 Å². The number of imidazole rings is 1. The topological polar surface area (TPSA) is 61.6 Å². The minimum atomic E-state index is 0. The first-order valence-corrected chi connectivity index (χ1v) is 11.8. The predicted molar refractivity (Wildman–Crippen MR) is 142 cm³/mol. The molecule has 7 nitrogen and oxygen atoms in total. The molecule has 2 aliphatic heterocycles. The molecular formula is C24H38IN7. The predicted octanol–water partition coefficient (Wildman–Crippen LogP) is 4.18. The third kappa shape index (κ3) is 6.14. The van der Waals surface area contributed by atoms with E-state index in [1.165, 1.54) is 12.8 Å². The second kappa shape index (κ2) is 11.9. The minimum absolute atomic E-state index is 0. The van der Waals surface area contributed by atoms with Crippen LogP contribution in [0.5, 0.6) is 0 Å². The molecule has 2 aliphatic rings. The number of hydrogen-bond acceptors (Lipinski definition) is 4. The maximum absolute atomic E-state index is 4.95. The lowest BCUT2D eigenvalue weighted by molar-refractivity contribution is 0.189. The van der Waals surface area contributed by atoms with Crippen molar-refractivity contribution >= 4 is 35.8 Å². The Bertz CT molecular complexity index is 829. The van der Waals surface area contributed by atoms with Gasteiger partial charge in [-0.3, -0.25) is 0 Å². The number of pyridine rings is 1. The second-order valence-corrected chi connectivity index (χ2v) is 9.15. The molecule has 0 aromatic carbocycles. The van der Waals surface area contributed by atoms with E-state index >= 15 is 0 Å². The quantitative estimate of drug-likeness (QED) is 0.343. The van der Waals surface area contributed by atoms with Gasteiger partial charge in [-0.05, 0) is 49.7 Å². The molecular weight excluding hydrogens is 513 g/mol.